The van der Waals surface area contributed by atoms with Crippen LogP contribution in [0.5, 0.6) is 0 Å². The van der Waals surface area contributed by atoms with Crippen molar-refractivity contribution in [3.8, 4) is 0 Å². The Balaban J connectivity index is 2.32. The molecule has 1 heterocycles. The largest absolute Gasteiger partial charge is 0.469 e. The van der Waals surface area contributed by atoms with Gasteiger partial charge in [-0.25, -0.2) is 8.42 Å². The first-order valence-corrected chi connectivity index (χ1v) is 10.4. The first kappa shape index (κ1) is 21.0. The van der Waals surface area contributed by atoms with E-state index in [2.05, 4.69) is 14.9 Å². The van der Waals surface area contributed by atoms with Crippen molar-refractivity contribution < 1.29 is 17.9 Å². The predicted octanol–water partition coefficient (Wildman–Crippen LogP) is 1.51. The Bertz CT molecular complexity index is 863. The standard InChI is InChI=1S/C18H26N4O4S/c1-13(2)12-22-17(15(19)11-14-7-5-4-6-8-14)20-21-18(22)27(24,25)10-9-16(23)26-3/h4-8,13,15H,9-12,19H2,1-3H3/t15-/m0/s1. The molecule has 0 aliphatic carbocycles. The summed E-state index contributed by atoms with van der Waals surface area (Å²) in [6.07, 6.45) is 0.276. The van der Waals surface area contributed by atoms with Crippen LogP contribution in [0.3, 0.4) is 0 Å². The quantitative estimate of drug-likeness (QED) is 0.641. The fourth-order valence-corrected chi connectivity index (χ4v) is 4.00. The number of aromatic nitrogens is 3. The molecular formula is C18H26N4O4S. The van der Waals surface area contributed by atoms with E-state index in [9.17, 15) is 13.2 Å². The summed E-state index contributed by atoms with van der Waals surface area (Å²) in [4.78, 5) is 11.3. The summed E-state index contributed by atoms with van der Waals surface area (Å²) in [7, 11) is -2.58. The maximum Gasteiger partial charge on any atom is 0.306 e. The van der Waals surface area contributed by atoms with Crippen molar-refractivity contribution in [1.29, 1.82) is 0 Å². The molecule has 0 spiro atoms. The van der Waals surface area contributed by atoms with Gasteiger partial charge in [-0.3, -0.25) is 4.79 Å². The van der Waals surface area contributed by atoms with E-state index < -0.39 is 21.8 Å². The van der Waals surface area contributed by atoms with Crippen LogP contribution in [-0.4, -0.2) is 42.0 Å². The van der Waals surface area contributed by atoms with E-state index in [1.165, 1.54) is 7.11 Å². The molecule has 0 radical (unpaired) electrons. The molecule has 0 bridgehead atoms. The minimum Gasteiger partial charge on any atom is -0.469 e. The number of esters is 1. The van der Waals surface area contributed by atoms with Gasteiger partial charge in [0.25, 0.3) is 0 Å². The maximum atomic E-state index is 12.7. The third-order valence-electron chi connectivity index (χ3n) is 4.00. The van der Waals surface area contributed by atoms with Crippen LogP contribution in [-0.2, 0) is 32.3 Å². The summed E-state index contributed by atoms with van der Waals surface area (Å²) in [6, 6.07) is 9.17. The molecule has 1 atom stereocenters. The van der Waals surface area contributed by atoms with Gasteiger partial charge in [0.2, 0.25) is 15.0 Å². The molecule has 2 N–H and O–H groups in total. The number of hydrogen-bond acceptors (Lipinski definition) is 7. The molecular weight excluding hydrogens is 368 g/mol. The Morgan fingerprint density at radius 3 is 2.48 bits per heavy atom. The molecule has 27 heavy (non-hydrogen) atoms. The normalized spacial score (nSPS) is 12.9. The van der Waals surface area contributed by atoms with E-state index in [4.69, 9.17) is 5.73 Å². The van der Waals surface area contributed by atoms with Gasteiger partial charge in [-0.05, 0) is 17.9 Å². The van der Waals surface area contributed by atoms with Gasteiger partial charge in [0.05, 0.1) is 25.3 Å². The van der Waals surface area contributed by atoms with E-state index in [1.807, 2.05) is 44.2 Å². The zero-order valence-electron chi connectivity index (χ0n) is 15.8. The summed E-state index contributed by atoms with van der Waals surface area (Å²) in [5.74, 6) is -0.388. The second-order valence-electron chi connectivity index (χ2n) is 6.79. The fourth-order valence-electron chi connectivity index (χ4n) is 2.71. The van der Waals surface area contributed by atoms with Crippen LogP contribution >= 0.6 is 0 Å². The number of nitrogens with zero attached hydrogens (tertiary/aromatic N) is 3. The molecule has 2 rings (SSSR count). The Hall–Kier alpha value is -2.26. The van der Waals surface area contributed by atoms with Crippen LogP contribution in [0.1, 0.15) is 37.7 Å². The second-order valence-corrected chi connectivity index (χ2v) is 8.79. The highest BCUT2D eigenvalue weighted by atomic mass is 32.2. The van der Waals surface area contributed by atoms with Crippen molar-refractivity contribution >= 4 is 15.8 Å². The molecule has 8 nitrogen and oxygen atoms in total. The highest BCUT2D eigenvalue weighted by Gasteiger charge is 2.28. The average molecular weight is 394 g/mol. The Morgan fingerprint density at radius 2 is 1.89 bits per heavy atom. The average Bonchev–Trinajstić information content (AvgIpc) is 3.04. The minimum atomic E-state index is -3.79. The molecule has 9 heteroatoms. The molecule has 0 saturated heterocycles. The van der Waals surface area contributed by atoms with E-state index in [1.54, 1.807) is 4.57 Å². The molecule has 0 fully saturated rings. The Labute approximate surface area is 159 Å². The third kappa shape index (κ3) is 5.61. The van der Waals surface area contributed by atoms with Crippen LogP contribution in [0.15, 0.2) is 35.5 Å². The van der Waals surface area contributed by atoms with Crippen molar-refractivity contribution in [3.05, 3.63) is 41.7 Å². The third-order valence-corrected chi connectivity index (χ3v) is 5.60. The number of sulfone groups is 1. The van der Waals surface area contributed by atoms with Crippen LogP contribution in [0, 0.1) is 5.92 Å². The number of nitrogens with two attached hydrogens (primary N) is 1. The molecule has 0 aliphatic rings. The SMILES string of the molecule is COC(=O)CCS(=O)(=O)c1nnc([C@@H](N)Cc2ccccc2)n1CC(C)C. The minimum absolute atomic E-state index is 0.154. The number of benzene rings is 1. The molecule has 0 amide bonds. The highest BCUT2D eigenvalue weighted by Crippen LogP contribution is 2.20. The second kappa shape index (κ2) is 9.09. The van der Waals surface area contributed by atoms with Gasteiger partial charge in [0, 0.05) is 6.54 Å². The van der Waals surface area contributed by atoms with Crippen molar-refractivity contribution in [2.75, 3.05) is 12.9 Å². The van der Waals surface area contributed by atoms with Crippen LogP contribution in [0.25, 0.3) is 0 Å². The lowest BCUT2D eigenvalue weighted by Crippen LogP contribution is -2.23. The van der Waals surface area contributed by atoms with Gasteiger partial charge in [-0.15, -0.1) is 10.2 Å². The van der Waals surface area contributed by atoms with Crippen LogP contribution in [0.4, 0.5) is 0 Å². The lowest BCUT2D eigenvalue weighted by Gasteiger charge is -2.16. The molecule has 0 aliphatic heterocycles. The highest BCUT2D eigenvalue weighted by molar-refractivity contribution is 7.91. The number of hydrogen-bond donors (Lipinski definition) is 1. The number of carbonyl (C=O) groups excluding carboxylic acids is 1. The lowest BCUT2D eigenvalue weighted by molar-refractivity contribution is -0.140. The first-order valence-electron chi connectivity index (χ1n) is 8.76. The Kier molecular flexibility index (Phi) is 7.09. The smallest absolute Gasteiger partial charge is 0.306 e. The van der Waals surface area contributed by atoms with E-state index in [-0.39, 0.29) is 23.2 Å². The fraction of sp³-hybridized carbons (Fsp3) is 0.500. The molecule has 1 aromatic carbocycles. The zero-order valence-corrected chi connectivity index (χ0v) is 16.6. The van der Waals surface area contributed by atoms with Gasteiger partial charge in [-0.2, -0.15) is 0 Å². The lowest BCUT2D eigenvalue weighted by atomic mass is 10.1. The first-order chi connectivity index (χ1) is 12.7. The van der Waals surface area contributed by atoms with Gasteiger partial charge >= 0.3 is 5.97 Å². The summed E-state index contributed by atoms with van der Waals surface area (Å²) in [5, 5.41) is 7.82. The number of methoxy groups -OCH3 is 1. The van der Waals surface area contributed by atoms with E-state index in [0.717, 1.165) is 5.56 Å². The van der Waals surface area contributed by atoms with Crippen molar-refractivity contribution in [2.45, 2.75) is 44.4 Å². The summed E-state index contributed by atoms with van der Waals surface area (Å²) >= 11 is 0. The molecule has 2 aromatic rings. The monoisotopic (exact) mass is 394 g/mol. The van der Waals surface area contributed by atoms with Gasteiger partial charge in [0.15, 0.2) is 5.82 Å². The molecule has 148 valence electrons. The summed E-state index contributed by atoms with van der Waals surface area (Å²) in [6.45, 7) is 4.35. The van der Waals surface area contributed by atoms with Crippen LogP contribution < -0.4 is 5.73 Å². The van der Waals surface area contributed by atoms with Gasteiger partial charge < -0.3 is 15.0 Å². The zero-order chi connectivity index (χ0) is 20.0. The molecule has 0 saturated carbocycles. The number of rotatable bonds is 9. The van der Waals surface area contributed by atoms with Crippen molar-refractivity contribution in [1.82, 2.24) is 14.8 Å². The summed E-state index contributed by atoms with van der Waals surface area (Å²) < 4.78 is 31.4. The number of ether oxygens (including phenoxy) is 1. The topological polar surface area (TPSA) is 117 Å². The molecule has 0 unspecified atom stereocenters. The van der Waals surface area contributed by atoms with Crippen molar-refractivity contribution in [2.24, 2.45) is 11.7 Å². The number of carbonyl (C=O) groups is 1. The van der Waals surface area contributed by atoms with Gasteiger partial charge in [-0.1, -0.05) is 44.2 Å². The van der Waals surface area contributed by atoms with Gasteiger partial charge in [0.1, 0.15) is 0 Å². The van der Waals surface area contributed by atoms with E-state index in [0.29, 0.717) is 18.8 Å². The maximum absolute atomic E-state index is 12.7. The molecule has 1 aromatic heterocycles. The van der Waals surface area contributed by atoms with Crippen LogP contribution in [0.2, 0.25) is 0 Å². The summed E-state index contributed by atoms with van der Waals surface area (Å²) in [5.41, 5.74) is 7.34. The van der Waals surface area contributed by atoms with E-state index >= 15 is 0 Å². The predicted molar refractivity (Wildman–Crippen MR) is 101 cm³/mol. The van der Waals surface area contributed by atoms with Crippen molar-refractivity contribution in [3.63, 3.8) is 0 Å². The Morgan fingerprint density at radius 1 is 1.22 bits per heavy atom.